The fraction of sp³-hybridized carbons (Fsp3) is 0.167. The Morgan fingerprint density at radius 3 is 1.00 bits per heavy atom. The third-order valence-corrected chi connectivity index (χ3v) is 2.04. The molecule has 17 heavy (non-hydrogen) atoms. The van der Waals surface area contributed by atoms with Crippen molar-refractivity contribution in [1.29, 1.82) is 0 Å². The second-order valence-corrected chi connectivity index (χ2v) is 3.09. The average molecular weight is 317 g/mol. The van der Waals surface area contributed by atoms with Crippen LogP contribution in [0, 0.1) is 63.2 Å². The Hall–Kier alpha value is 1.02. The summed E-state index contributed by atoms with van der Waals surface area (Å²) in [6.45, 7) is 1.82. The van der Waals surface area contributed by atoms with Crippen molar-refractivity contribution in [2.24, 2.45) is 0 Å². The van der Waals surface area contributed by atoms with Gasteiger partial charge in [0.1, 0.15) is 0 Å². The number of hydrogen-bond donors (Lipinski definition) is 2. The van der Waals surface area contributed by atoms with Gasteiger partial charge in [0.25, 0.3) is 0 Å². The van der Waals surface area contributed by atoms with E-state index in [0.717, 1.165) is 13.1 Å². The fourth-order valence-corrected chi connectivity index (χ4v) is 1.16. The summed E-state index contributed by atoms with van der Waals surface area (Å²) < 4.78 is 0. The molecule has 6 N–H and O–H groups in total. The SMILES string of the molecule is [Cl-].[Cl-].[Fe+2].[NH3+]C[C]1[CH][CH][CH][CH]1.[NH3+]C[C]1[CH][CH][CH][CH]1. The Labute approximate surface area is 129 Å². The summed E-state index contributed by atoms with van der Waals surface area (Å²) >= 11 is 0. The zero-order valence-corrected chi connectivity index (χ0v) is 12.2. The Balaban J connectivity index is -0.000000196. The maximum absolute atomic E-state index is 3.73. The van der Waals surface area contributed by atoms with Gasteiger partial charge >= 0.3 is 17.1 Å². The molecule has 2 saturated carbocycles. The van der Waals surface area contributed by atoms with Gasteiger partial charge in [0.2, 0.25) is 0 Å². The van der Waals surface area contributed by atoms with Crippen molar-refractivity contribution in [2.75, 3.05) is 13.1 Å². The molecule has 0 saturated heterocycles. The van der Waals surface area contributed by atoms with Crippen LogP contribution in [-0.4, -0.2) is 13.1 Å². The van der Waals surface area contributed by atoms with Gasteiger partial charge < -0.3 is 36.3 Å². The molecular formula is C12H18Cl2FeN2+2. The first-order chi connectivity index (χ1) is 6.86. The first-order valence-corrected chi connectivity index (χ1v) is 4.86. The normalized spacial score (nSPS) is 19.4. The van der Waals surface area contributed by atoms with Gasteiger partial charge in [-0.1, -0.05) is 0 Å². The maximum Gasteiger partial charge on any atom is 2.00 e. The molecule has 0 bridgehead atoms. The van der Waals surface area contributed by atoms with Crippen molar-refractivity contribution >= 4 is 0 Å². The number of halogens is 2. The third-order valence-electron chi connectivity index (χ3n) is 2.04. The number of rotatable bonds is 2. The largest absolute Gasteiger partial charge is 2.00 e. The second kappa shape index (κ2) is 15.1. The molecule has 5 heteroatoms. The average Bonchev–Trinajstić information content (AvgIpc) is 2.92. The van der Waals surface area contributed by atoms with Crippen LogP contribution in [-0.2, 0) is 17.1 Å². The monoisotopic (exact) mass is 316 g/mol. The molecule has 2 fully saturated rings. The van der Waals surface area contributed by atoms with Gasteiger partial charge in [-0.3, -0.25) is 0 Å². The van der Waals surface area contributed by atoms with Gasteiger partial charge in [0.05, 0.1) is 13.1 Å². The summed E-state index contributed by atoms with van der Waals surface area (Å²) in [5, 5.41) is 0. The zero-order chi connectivity index (χ0) is 10.2. The van der Waals surface area contributed by atoms with Gasteiger partial charge in [0, 0.05) is 11.8 Å². The fourth-order valence-electron chi connectivity index (χ4n) is 1.16. The minimum absolute atomic E-state index is 0. The smallest absolute Gasteiger partial charge is 1.00 e. The first-order valence-electron chi connectivity index (χ1n) is 4.86. The van der Waals surface area contributed by atoms with Crippen LogP contribution in [0.3, 0.4) is 0 Å². The summed E-state index contributed by atoms with van der Waals surface area (Å²) in [5.74, 6) is 2.64. The first kappa shape index (κ1) is 23.1. The molecule has 2 aliphatic rings. The molecule has 96 valence electrons. The van der Waals surface area contributed by atoms with E-state index in [9.17, 15) is 0 Å². The third kappa shape index (κ3) is 10.6. The van der Waals surface area contributed by atoms with Crippen LogP contribution in [0.5, 0.6) is 0 Å². The van der Waals surface area contributed by atoms with Crippen molar-refractivity contribution in [3.8, 4) is 0 Å². The molecule has 0 atom stereocenters. The summed E-state index contributed by atoms with van der Waals surface area (Å²) in [4.78, 5) is 0. The standard InChI is InChI=1S/2C6H8N.2ClH.Fe/c2*7-5-6-3-1-2-4-6;;;/h2*1-4H,5,7H2;2*1H;/q;;;;+2. The van der Waals surface area contributed by atoms with E-state index in [-0.39, 0.29) is 41.9 Å². The number of quaternary nitrogens is 2. The van der Waals surface area contributed by atoms with E-state index in [4.69, 9.17) is 0 Å². The van der Waals surface area contributed by atoms with Gasteiger partial charge in [-0.15, -0.1) is 0 Å². The van der Waals surface area contributed by atoms with Crippen LogP contribution >= 0.6 is 0 Å². The van der Waals surface area contributed by atoms with E-state index in [1.165, 1.54) is 11.8 Å². The molecule has 10 radical (unpaired) electrons. The second-order valence-electron chi connectivity index (χ2n) is 3.09. The van der Waals surface area contributed by atoms with Crippen molar-refractivity contribution in [3.63, 3.8) is 0 Å². The Bertz CT molecular complexity index is 122. The van der Waals surface area contributed by atoms with Gasteiger partial charge in [-0.2, -0.15) is 0 Å². The topological polar surface area (TPSA) is 55.3 Å². The van der Waals surface area contributed by atoms with Crippen molar-refractivity contribution in [3.05, 3.63) is 63.2 Å². The van der Waals surface area contributed by atoms with Crippen LogP contribution in [0.25, 0.3) is 0 Å². The van der Waals surface area contributed by atoms with Crippen LogP contribution < -0.4 is 36.3 Å². The van der Waals surface area contributed by atoms with Crippen LogP contribution in [0.1, 0.15) is 0 Å². The van der Waals surface area contributed by atoms with Gasteiger partial charge in [-0.25, -0.2) is 0 Å². The van der Waals surface area contributed by atoms with E-state index in [1.807, 2.05) is 25.7 Å². The van der Waals surface area contributed by atoms with E-state index in [2.05, 4.69) is 37.2 Å². The molecule has 0 heterocycles. The quantitative estimate of drug-likeness (QED) is 0.476. The van der Waals surface area contributed by atoms with E-state index >= 15 is 0 Å². The molecule has 2 nitrogen and oxygen atoms in total. The minimum Gasteiger partial charge on any atom is -1.00 e. The minimum atomic E-state index is 0. The summed E-state index contributed by atoms with van der Waals surface area (Å²) in [6.07, 6.45) is 16.4. The zero-order valence-electron chi connectivity index (χ0n) is 9.56. The van der Waals surface area contributed by atoms with Crippen molar-refractivity contribution < 1.29 is 53.4 Å². The summed E-state index contributed by atoms with van der Waals surface area (Å²) in [7, 11) is 0. The predicted molar refractivity (Wildman–Crippen MR) is 56.4 cm³/mol. The summed E-state index contributed by atoms with van der Waals surface area (Å²) in [5.41, 5.74) is 7.46. The van der Waals surface area contributed by atoms with Crippen LogP contribution in [0.2, 0.25) is 0 Å². The number of hydrogen-bond acceptors (Lipinski definition) is 0. The Morgan fingerprint density at radius 2 is 0.882 bits per heavy atom. The van der Waals surface area contributed by atoms with Crippen molar-refractivity contribution in [1.82, 2.24) is 0 Å². The maximum atomic E-state index is 3.73. The molecule has 0 aromatic heterocycles. The molecule has 0 aromatic carbocycles. The van der Waals surface area contributed by atoms with Gasteiger partial charge in [0.15, 0.2) is 0 Å². The Morgan fingerprint density at radius 1 is 0.647 bits per heavy atom. The van der Waals surface area contributed by atoms with E-state index in [0.29, 0.717) is 0 Å². The molecule has 2 aliphatic carbocycles. The van der Waals surface area contributed by atoms with Crippen LogP contribution in [0.15, 0.2) is 0 Å². The molecule has 0 aromatic rings. The van der Waals surface area contributed by atoms with Gasteiger partial charge in [-0.05, 0) is 51.4 Å². The van der Waals surface area contributed by atoms with E-state index < -0.39 is 0 Å². The molecule has 0 unspecified atom stereocenters. The molecule has 0 amide bonds. The van der Waals surface area contributed by atoms with Crippen LogP contribution in [0.4, 0.5) is 0 Å². The van der Waals surface area contributed by atoms with Crippen molar-refractivity contribution in [2.45, 2.75) is 0 Å². The predicted octanol–water partition coefficient (Wildman–Crippen LogP) is -6.73. The van der Waals surface area contributed by atoms with E-state index in [1.54, 1.807) is 0 Å². The molecule has 0 spiro atoms. The molecular weight excluding hydrogens is 299 g/mol. The molecule has 0 aliphatic heterocycles. The molecule has 2 rings (SSSR count). The summed E-state index contributed by atoms with van der Waals surface area (Å²) in [6, 6.07) is 0. The Kier molecular flexibility index (Phi) is 20.5.